The van der Waals surface area contributed by atoms with E-state index in [1.165, 1.54) is 4.57 Å². The van der Waals surface area contributed by atoms with Gasteiger partial charge in [-0.1, -0.05) is 37.0 Å². The number of hydrogen-bond acceptors (Lipinski definition) is 3. The van der Waals surface area contributed by atoms with Gasteiger partial charge < -0.3 is 15.2 Å². The highest BCUT2D eigenvalue weighted by Gasteiger charge is 2.25. The summed E-state index contributed by atoms with van der Waals surface area (Å²) in [5.41, 5.74) is 2.28. The fourth-order valence-corrected chi connectivity index (χ4v) is 3.79. The zero-order chi connectivity index (χ0) is 20.4. The summed E-state index contributed by atoms with van der Waals surface area (Å²) in [6.45, 7) is 7.90. The van der Waals surface area contributed by atoms with E-state index in [9.17, 15) is 9.59 Å². The third-order valence-corrected chi connectivity index (χ3v) is 5.02. The summed E-state index contributed by atoms with van der Waals surface area (Å²) in [5.74, 6) is 0.900. The molecule has 1 amide bonds. The fraction of sp³-hybridized carbons (Fsp3) is 0.400. The molecule has 0 saturated carbocycles. The lowest BCUT2D eigenvalue weighted by Gasteiger charge is -2.29. The number of rotatable bonds is 6. The molecule has 2 N–H and O–H groups in total. The standard InChI is InChI=1S/C20H24Cl2N4O2/c1-4-25-10-14(13-5-15(21)8-16(22)6-13)7-17-19(25)26(20(28)24-17)11-18(27)23-9-12(2)3/h5-8,12H,4,9-11H2,1-3H3,(H,23,27)(H,24,28). The molecule has 0 aliphatic carbocycles. The van der Waals surface area contributed by atoms with Gasteiger partial charge in [0.15, 0.2) is 0 Å². The predicted octanol–water partition coefficient (Wildman–Crippen LogP) is 3.64. The van der Waals surface area contributed by atoms with Crippen LogP contribution in [0.15, 0.2) is 23.0 Å². The van der Waals surface area contributed by atoms with Gasteiger partial charge in [-0.15, -0.1) is 0 Å². The molecule has 0 saturated heterocycles. The summed E-state index contributed by atoms with van der Waals surface area (Å²) < 4.78 is 1.49. The van der Waals surface area contributed by atoms with E-state index in [1.54, 1.807) is 6.07 Å². The lowest BCUT2D eigenvalue weighted by atomic mass is 10.0. The summed E-state index contributed by atoms with van der Waals surface area (Å²) in [5, 5.41) is 3.98. The second-order valence-electron chi connectivity index (χ2n) is 7.29. The first-order chi connectivity index (χ1) is 13.3. The summed E-state index contributed by atoms with van der Waals surface area (Å²) in [4.78, 5) is 29.7. The normalized spacial score (nSPS) is 13.5. The summed E-state index contributed by atoms with van der Waals surface area (Å²) in [6.07, 6.45) is 1.92. The van der Waals surface area contributed by atoms with Crippen molar-refractivity contribution in [1.29, 1.82) is 0 Å². The highest BCUT2D eigenvalue weighted by molar-refractivity contribution is 6.35. The molecular formula is C20H24Cl2N4O2. The zero-order valence-corrected chi connectivity index (χ0v) is 17.7. The van der Waals surface area contributed by atoms with Crippen LogP contribution in [0.25, 0.3) is 11.6 Å². The quantitative estimate of drug-likeness (QED) is 0.746. The number of benzene rings is 1. The first-order valence-electron chi connectivity index (χ1n) is 9.30. The van der Waals surface area contributed by atoms with Gasteiger partial charge in [0.05, 0.1) is 5.69 Å². The fourth-order valence-electron chi connectivity index (χ4n) is 3.26. The molecule has 6 nitrogen and oxygen atoms in total. The number of fused-ring (bicyclic) bond motifs is 1. The number of aromatic amines is 1. The molecule has 28 heavy (non-hydrogen) atoms. The Morgan fingerprint density at radius 1 is 1.25 bits per heavy atom. The first-order valence-corrected chi connectivity index (χ1v) is 10.1. The Morgan fingerprint density at radius 3 is 2.54 bits per heavy atom. The van der Waals surface area contributed by atoms with Gasteiger partial charge in [-0.2, -0.15) is 0 Å². The maximum Gasteiger partial charge on any atom is 0.328 e. The summed E-state index contributed by atoms with van der Waals surface area (Å²) in [6, 6.07) is 5.40. The van der Waals surface area contributed by atoms with E-state index in [0.717, 1.165) is 17.0 Å². The number of likely N-dealkylation sites (N-methyl/N-ethyl adjacent to an activating group) is 1. The highest BCUT2D eigenvalue weighted by atomic mass is 35.5. The van der Waals surface area contributed by atoms with Crippen molar-refractivity contribution in [1.82, 2.24) is 14.9 Å². The van der Waals surface area contributed by atoms with Gasteiger partial charge in [-0.05, 0) is 48.3 Å². The number of imidazole rings is 1. The van der Waals surface area contributed by atoms with Crippen LogP contribution in [-0.2, 0) is 11.3 Å². The SMILES string of the molecule is CCN1CC(c2cc(Cl)cc(Cl)c2)=Cc2[nH]c(=O)n(CC(=O)NCC(C)C)c21. The number of H-pyrrole nitrogens is 1. The van der Waals surface area contributed by atoms with Crippen LogP contribution in [0.4, 0.5) is 5.82 Å². The van der Waals surface area contributed by atoms with Crippen LogP contribution in [0.1, 0.15) is 32.0 Å². The molecule has 150 valence electrons. The number of carbonyl (C=O) groups excluding carboxylic acids is 1. The average Bonchev–Trinajstić information content (AvgIpc) is 2.93. The van der Waals surface area contributed by atoms with Gasteiger partial charge in [0, 0.05) is 29.7 Å². The maximum atomic E-state index is 12.5. The van der Waals surface area contributed by atoms with Gasteiger partial charge in [-0.3, -0.25) is 9.36 Å². The Kier molecular flexibility index (Phi) is 6.20. The first kappa shape index (κ1) is 20.6. The van der Waals surface area contributed by atoms with E-state index in [-0.39, 0.29) is 18.1 Å². The van der Waals surface area contributed by atoms with Gasteiger partial charge in [-0.25, -0.2) is 4.79 Å². The molecule has 0 spiro atoms. The Morgan fingerprint density at radius 2 is 1.93 bits per heavy atom. The van der Waals surface area contributed by atoms with Gasteiger partial charge in [0.1, 0.15) is 12.4 Å². The number of halogens is 2. The van der Waals surface area contributed by atoms with Crippen LogP contribution in [0.5, 0.6) is 0 Å². The van der Waals surface area contributed by atoms with Crippen molar-refractivity contribution in [3.63, 3.8) is 0 Å². The third-order valence-electron chi connectivity index (χ3n) is 4.59. The molecule has 1 aliphatic rings. The zero-order valence-electron chi connectivity index (χ0n) is 16.2. The largest absolute Gasteiger partial charge is 0.354 e. The minimum atomic E-state index is -0.301. The lowest BCUT2D eigenvalue weighted by molar-refractivity contribution is -0.121. The maximum absolute atomic E-state index is 12.5. The number of hydrogen-bond donors (Lipinski definition) is 2. The van der Waals surface area contributed by atoms with E-state index in [0.29, 0.717) is 41.3 Å². The van der Waals surface area contributed by atoms with Crippen LogP contribution in [-0.4, -0.2) is 35.1 Å². The van der Waals surface area contributed by atoms with Crippen LogP contribution in [0.3, 0.4) is 0 Å². The van der Waals surface area contributed by atoms with Crippen molar-refractivity contribution in [2.45, 2.75) is 27.3 Å². The van der Waals surface area contributed by atoms with Gasteiger partial charge in [0.25, 0.3) is 0 Å². The summed E-state index contributed by atoms with van der Waals surface area (Å²) >= 11 is 12.3. The number of nitrogens with zero attached hydrogens (tertiary/aromatic N) is 2. The molecule has 1 aromatic carbocycles. The monoisotopic (exact) mass is 422 g/mol. The van der Waals surface area contributed by atoms with E-state index in [2.05, 4.69) is 15.2 Å². The molecule has 0 radical (unpaired) electrons. The van der Waals surface area contributed by atoms with Crippen molar-refractivity contribution < 1.29 is 4.79 Å². The molecule has 0 fully saturated rings. The average molecular weight is 423 g/mol. The van der Waals surface area contributed by atoms with E-state index in [4.69, 9.17) is 23.2 Å². The van der Waals surface area contributed by atoms with Gasteiger partial charge >= 0.3 is 5.69 Å². The minimum Gasteiger partial charge on any atom is -0.354 e. The lowest BCUT2D eigenvalue weighted by Crippen LogP contribution is -2.36. The van der Waals surface area contributed by atoms with E-state index in [1.807, 2.05) is 39.0 Å². The molecule has 0 atom stereocenters. The molecule has 0 unspecified atom stereocenters. The second-order valence-corrected chi connectivity index (χ2v) is 8.17. The van der Waals surface area contributed by atoms with Crippen molar-refractivity contribution in [3.8, 4) is 0 Å². The van der Waals surface area contributed by atoms with Crippen LogP contribution < -0.4 is 15.9 Å². The van der Waals surface area contributed by atoms with Gasteiger partial charge in [0.2, 0.25) is 5.91 Å². The molecule has 0 bridgehead atoms. The van der Waals surface area contributed by atoms with Crippen LogP contribution in [0, 0.1) is 5.92 Å². The molecule has 8 heteroatoms. The number of amides is 1. The molecular weight excluding hydrogens is 399 g/mol. The van der Waals surface area contributed by atoms with Crippen molar-refractivity contribution in [3.05, 3.63) is 50.0 Å². The Labute approximate surface area is 174 Å². The molecule has 1 aromatic heterocycles. The van der Waals surface area contributed by atoms with Crippen LogP contribution >= 0.6 is 23.2 Å². The second kappa shape index (κ2) is 8.45. The topological polar surface area (TPSA) is 70.1 Å². The Balaban J connectivity index is 1.96. The Hall–Kier alpha value is -2.18. The number of anilines is 1. The minimum absolute atomic E-state index is 0.0138. The van der Waals surface area contributed by atoms with Crippen molar-refractivity contribution in [2.75, 3.05) is 24.5 Å². The number of nitrogens with one attached hydrogen (secondary N) is 2. The smallest absolute Gasteiger partial charge is 0.328 e. The molecule has 2 aromatic rings. The number of aromatic nitrogens is 2. The predicted molar refractivity (Wildman–Crippen MR) is 115 cm³/mol. The van der Waals surface area contributed by atoms with Crippen LogP contribution in [0.2, 0.25) is 10.0 Å². The highest BCUT2D eigenvalue weighted by Crippen LogP contribution is 2.33. The molecule has 3 rings (SSSR count). The van der Waals surface area contributed by atoms with Crippen molar-refractivity contribution >= 4 is 46.6 Å². The summed E-state index contributed by atoms with van der Waals surface area (Å²) in [7, 11) is 0. The third kappa shape index (κ3) is 4.45. The molecule has 2 heterocycles. The van der Waals surface area contributed by atoms with E-state index >= 15 is 0 Å². The number of carbonyl (C=O) groups is 1. The Bertz CT molecular complexity index is 955. The van der Waals surface area contributed by atoms with E-state index < -0.39 is 0 Å². The van der Waals surface area contributed by atoms with Crippen molar-refractivity contribution in [2.24, 2.45) is 5.92 Å². The molecule has 1 aliphatic heterocycles.